The molecule has 22 heavy (non-hydrogen) atoms. The van der Waals surface area contributed by atoms with Crippen molar-refractivity contribution in [3.05, 3.63) is 36.0 Å². The van der Waals surface area contributed by atoms with E-state index in [0.29, 0.717) is 0 Å². The van der Waals surface area contributed by atoms with Gasteiger partial charge in [-0.15, -0.1) is 0 Å². The molecular weight excluding hydrogens is 274 g/mol. The van der Waals surface area contributed by atoms with Crippen LogP contribution in [0, 0.1) is 0 Å². The van der Waals surface area contributed by atoms with Crippen LogP contribution >= 0.6 is 0 Å². The fourth-order valence-corrected chi connectivity index (χ4v) is 3.44. The number of benzene rings is 1. The fourth-order valence-electron chi connectivity index (χ4n) is 3.44. The van der Waals surface area contributed by atoms with Crippen molar-refractivity contribution in [1.82, 2.24) is 9.88 Å². The number of carbonyl (C=O) groups is 1. The molecule has 1 aliphatic rings. The SMILES string of the molecule is CCCC(N)C(=O)N1CCCCC1c1cc2ccccc2[nH]1. The molecule has 1 fully saturated rings. The van der Waals surface area contributed by atoms with Crippen LogP contribution < -0.4 is 5.73 Å². The lowest BCUT2D eigenvalue weighted by Gasteiger charge is -2.36. The van der Waals surface area contributed by atoms with Crippen molar-refractivity contribution in [3.63, 3.8) is 0 Å². The van der Waals surface area contributed by atoms with E-state index in [1.165, 1.54) is 5.39 Å². The normalized spacial score (nSPS) is 20.3. The number of nitrogens with one attached hydrogen (secondary N) is 1. The van der Waals surface area contributed by atoms with Crippen molar-refractivity contribution in [2.45, 2.75) is 51.1 Å². The molecule has 1 saturated heterocycles. The fraction of sp³-hybridized carbons (Fsp3) is 0.500. The van der Waals surface area contributed by atoms with Gasteiger partial charge in [0.1, 0.15) is 0 Å². The summed E-state index contributed by atoms with van der Waals surface area (Å²) >= 11 is 0. The first-order chi connectivity index (χ1) is 10.7. The van der Waals surface area contributed by atoms with Gasteiger partial charge in [0.15, 0.2) is 0 Å². The zero-order valence-corrected chi connectivity index (χ0v) is 13.2. The number of piperidine rings is 1. The number of para-hydroxylation sites is 1. The van der Waals surface area contributed by atoms with Crippen LogP contribution in [0.5, 0.6) is 0 Å². The topological polar surface area (TPSA) is 62.1 Å². The summed E-state index contributed by atoms with van der Waals surface area (Å²) in [5.41, 5.74) is 8.34. The van der Waals surface area contributed by atoms with E-state index in [0.717, 1.165) is 49.9 Å². The molecule has 1 amide bonds. The number of hydrogen-bond donors (Lipinski definition) is 2. The predicted molar refractivity (Wildman–Crippen MR) is 89.5 cm³/mol. The van der Waals surface area contributed by atoms with E-state index >= 15 is 0 Å². The van der Waals surface area contributed by atoms with Gasteiger partial charge in [-0.3, -0.25) is 4.79 Å². The number of H-pyrrole nitrogens is 1. The molecule has 3 N–H and O–H groups in total. The van der Waals surface area contributed by atoms with E-state index in [4.69, 9.17) is 5.73 Å². The van der Waals surface area contributed by atoms with Gasteiger partial charge in [-0.2, -0.15) is 0 Å². The molecule has 4 nitrogen and oxygen atoms in total. The average molecular weight is 299 g/mol. The molecule has 118 valence electrons. The van der Waals surface area contributed by atoms with E-state index < -0.39 is 0 Å². The maximum atomic E-state index is 12.7. The van der Waals surface area contributed by atoms with E-state index in [2.05, 4.69) is 30.1 Å². The Bertz CT molecular complexity index is 616. The zero-order chi connectivity index (χ0) is 15.5. The van der Waals surface area contributed by atoms with Gasteiger partial charge in [0, 0.05) is 17.8 Å². The van der Waals surface area contributed by atoms with Gasteiger partial charge in [-0.25, -0.2) is 0 Å². The van der Waals surface area contributed by atoms with Crippen LogP contribution in [0.2, 0.25) is 0 Å². The molecule has 1 aromatic heterocycles. The van der Waals surface area contributed by atoms with Gasteiger partial charge < -0.3 is 15.6 Å². The Kier molecular flexibility index (Phi) is 4.48. The number of aromatic amines is 1. The monoisotopic (exact) mass is 299 g/mol. The second-order valence-electron chi connectivity index (χ2n) is 6.25. The van der Waals surface area contributed by atoms with Crippen molar-refractivity contribution in [3.8, 4) is 0 Å². The van der Waals surface area contributed by atoms with Crippen molar-refractivity contribution in [2.75, 3.05) is 6.54 Å². The van der Waals surface area contributed by atoms with Crippen LogP contribution in [-0.2, 0) is 4.79 Å². The number of likely N-dealkylation sites (tertiary alicyclic amines) is 1. The number of rotatable bonds is 4. The molecule has 3 rings (SSSR count). The first-order valence-corrected chi connectivity index (χ1v) is 8.34. The summed E-state index contributed by atoms with van der Waals surface area (Å²) < 4.78 is 0. The quantitative estimate of drug-likeness (QED) is 0.909. The highest BCUT2D eigenvalue weighted by Gasteiger charge is 2.31. The third-order valence-electron chi connectivity index (χ3n) is 4.61. The molecule has 2 unspecified atom stereocenters. The number of hydrogen-bond acceptors (Lipinski definition) is 2. The number of fused-ring (bicyclic) bond motifs is 1. The molecule has 2 aromatic rings. The maximum Gasteiger partial charge on any atom is 0.240 e. The second kappa shape index (κ2) is 6.53. The molecule has 1 aliphatic heterocycles. The van der Waals surface area contributed by atoms with E-state index in [-0.39, 0.29) is 18.0 Å². The maximum absolute atomic E-state index is 12.7. The van der Waals surface area contributed by atoms with Crippen molar-refractivity contribution < 1.29 is 4.79 Å². The summed E-state index contributed by atoms with van der Waals surface area (Å²) in [5, 5.41) is 1.20. The van der Waals surface area contributed by atoms with E-state index in [1.807, 2.05) is 17.0 Å². The van der Waals surface area contributed by atoms with E-state index in [1.54, 1.807) is 0 Å². The lowest BCUT2D eigenvalue weighted by atomic mass is 9.97. The molecule has 0 aliphatic carbocycles. The van der Waals surface area contributed by atoms with Crippen LogP contribution in [0.15, 0.2) is 30.3 Å². The zero-order valence-electron chi connectivity index (χ0n) is 13.2. The number of nitrogens with zero attached hydrogens (tertiary/aromatic N) is 1. The van der Waals surface area contributed by atoms with Gasteiger partial charge >= 0.3 is 0 Å². The Balaban J connectivity index is 1.87. The predicted octanol–water partition coefficient (Wildman–Crippen LogP) is 3.35. The summed E-state index contributed by atoms with van der Waals surface area (Å²) in [6, 6.07) is 10.2. The molecule has 0 radical (unpaired) electrons. The molecule has 2 heterocycles. The lowest BCUT2D eigenvalue weighted by Crippen LogP contribution is -2.47. The Morgan fingerprint density at radius 3 is 3.00 bits per heavy atom. The first kappa shape index (κ1) is 15.1. The smallest absolute Gasteiger partial charge is 0.240 e. The highest BCUT2D eigenvalue weighted by molar-refractivity contribution is 5.83. The molecule has 0 bridgehead atoms. The van der Waals surface area contributed by atoms with Gasteiger partial charge in [-0.1, -0.05) is 31.5 Å². The molecule has 0 saturated carbocycles. The highest BCUT2D eigenvalue weighted by atomic mass is 16.2. The Morgan fingerprint density at radius 1 is 1.41 bits per heavy atom. The van der Waals surface area contributed by atoms with Gasteiger partial charge in [0.25, 0.3) is 0 Å². The number of carbonyl (C=O) groups excluding carboxylic acids is 1. The van der Waals surface area contributed by atoms with E-state index in [9.17, 15) is 4.79 Å². The minimum absolute atomic E-state index is 0.102. The summed E-state index contributed by atoms with van der Waals surface area (Å²) in [4.78, 5) is 18.2. The first-order valence-electron chi connectivity index (χ1n) is 8.34. The number of aromatic nitrogens is 1. The summed E-state index contributed by atoms with van der Waals surface area (Å²) in [6.45, 7) is 2.88. The largest absolute Gasteiger partial charge is 0.357 e. The molecule has 1 aromatic carbocycles. The van der Waals surface area contributed by atoms with Crippen molar-refractivity contribution in [1.29, 1.82) is 0 Å². The summed E-state index contributed by atoms with van der Waals surface area (Å²) in [6.07, 6.45) is 4.94. The van der Waals surface area contributed by atoms with Gasteiger partial charge in [-0.05, 0) is 43.2 Å². The highest BCUT2D eigenvalue weighted by Crippen LogP contribution is 2.32. The van der Waals surface area contributed by atoms with Crippen LogP contribution in [0.1, 0.15) is 50.8 Å². The third kappa shape index (κ3) is 2.88. The minimum Gasteiger partial charge on any atom is -0.357 e. The Hall–Kier alpha value is -1.81. The van der Waals surface area contributed by atoms with Crippen molar-refractivity contribution >= 4 is 16.8 Å². The molecule has 4 heteroatoms. The minimum atomic E-state index is -0.366. The Morgan fingerprint density at radius 2 is 2.23 bits per heavy atom. The summed E-state index contributed by atoms with van der Waals surface area (Å²) in [5.74, 6) is 0.102. The van der Waals surface area contributed by atoms with Gasteiger partial charge in [0.05, 0.1) is 12.1 Å². The van der Waals surface area contributed by atoms with Gasteiger partial charge in [0.2, 0.25) is 5.91 Å². The van der Waals surface area contributed by atoms with Crippen LogP contribution in [-0.4, -0.2) is 28.4 Å². The van der Waals surface area contributed by atoms with Crippen LogP contribution in [0.4, 0.5) is 0 Å². The number of nitrogens with two attached hydrogens (primary N) is 1. The Labute approximate surface area is 131 Å². The van der Waals surface area contributed by atoms with Crippen molar-refractivity contribution in [2.24, 2.45) is 5.73 Å². The lowest BCUT2D eigenvalue weighted by molar-refractivity contribution is -0.136. The standard InChI is InChI=1S/C18H25N3O/c1-2-7-14(19)18(22)21-11-6-5-10-17(21)16-12-13-8-3-4-9-15(13)20-16/h3-4,8-9,12,14,17,20H,2,5-7,10-11,19H2,1H3. The molecule has 2 atom stereocenters. The molecule has 0 spiro atoms. The second-order valence-corrected chi connectivity index (χ2v) is 6.25. The van der Waals surface area contributed by atoms with Crippen LogP contribution in [0.25, 0.3) is 10.9 Å². The number of amides is 1. The molecular formula is C18H25N3O. The average Bonchev–Trinajstić information content (AvgIpc) is 2.98. The third-order valence-corrected chi connectivity index (χ3v) is 4.61. The van der Waals surface area contributed by atoms with Crippen LogP contribution in [0.3, 0.4) is 0 Å². The summed E-state index contributed by atoms with van der Waals surface area (Å²) in [7, 11) is 0.